The van der Waals surface area contributed by atoms with Gasteiger partial charge in [0.2, 0.25) is 5.91 Å². The van der Waals surface area contributed by atoms with Gasteiger partial charge < -0.3 is 10.3 Å². The topological polar surface area (TPSA) is 44.9 Å². The molecule has 0 saturated carbocycles. The molecule has 0 saturated heterocycles. The molecule has 3 nitrogen and oxygen atoms in total. The molecule has 154 valence electrons. The van der Waals surface area contributed by atoms with Crippen molar-refractivity contribution in [1.29, 1.82) is 0 Å². The average molecular weight is 423 g/mol. The second-order valence-corrected chi connectivity index (χ2v) is 7.57. The molecule has 0 fully saturated rings. The molecule has 0 radical (unpaired) electrons. The molecule has 0 aliphatic rings. The number of halogens is 4. The van der Waals surface area contributed by atoms with Crippen molar-refractivity contribution in [3.8, 4) is 0 Å². The van der Waals surface area contributed by atoms with Crippen molar-refractivity contribution in [2.45, 2.75) is 44.8 Å². The van der Waals surface area contributed by atoms with E-state index in [4.69, 9.17) is 11.6 Å². The molecule has 1 aromatic heterocycles. The second kappa shape index (κ2) is 8.49. The Balaban J connectivity index is 2.07. The van der Waals surface area contributed by atoms with Gasteiger partial charge in [-0.15, -0.1) is 0 Å². The zero-order valence-electron chi connectivity index (χ0n) is 16.1. The summed E-state index contributed by atoms with van der Waals surface area (Å²) < 4.78 is 40.2. The van der Waals surface area contributed by atoms with Gasteiger partial charge in [-0.2, -0.15) is 13.2 Å². The van der Waals surface area contributed by atoms with Crippen LogP contribution in [0.3, 0.4) is 0 Å². The van der Waals surface area contributed by atoms with E-state index in [9.17, 15) is 18.0 Å². The molecule has 2 N–H and O–H groups in total. The minimum Gasteiger partial charge on any atom is -0.361 e. The molecular formula is C22H22ClF3N2O. The summed E-state index contributed by atoms with van der Waals surface area (Å²) in [4.78, 5) is 15.7. The smallest absolute Gasteiger partial charge is 0.361 e. The molecular weight excluding hydrogens is 401 g/mol. The summed E-state index contributed by atoms with van der Waals surface area (Å²) >= 11 is 5.79. The number of benzene rings is 2. The molecule has 0 spiro atoms. The van der Waals surface area contributed by atoms with Crippen LogP contribution in [0.4, 0.5) is 13.2 Å². The Hall–Kier alpha value is -2.47. The number of alkyl halides is 3. The van der Waals surface area contributed by atoms with Gasteiger partial charge in [-0.25, -0.2) is 0 Å². The van der Waals surface area contributed by atoms with Crippen molar-refractivity contribution in [1.82, 2.24) is 10.3 Å². The van der Waals surface area contributed by atoms with Gasteiger partial charge in [0.05, 0.1) is 10.6 Å². The van der Waals surface area contributed by atoms with Crippen molar-refractivity contribution >= 4 is 28.4 Å². The molecule has 3 rings (SSSR count). The number of carbonyl (C=O) groups is 1. The quantitative estimate of drug-likeness (QED) is 0.482. The monoisotopic (exact) mass is 422 g/mol. The predicted molar refractivity (Wildman–Crippen MR) is 109 cm³/mol. The van der Waals surface area contributed by atoms with Crippen molar-refractivity contribution in [3.05, 3.63) is 70.4 Å². The molecule has 0 aliphatic carbocycles. The zero-order valence-corrected chi connectivity index (χ0v) is 16.9. The maximum absolute atomic E-state index is 13.4. The van der Waals surface area contributed by atoms with Gasteiger partial charge in [-0.05, 0) is 42.7 Å². The Morgan fingerprint density at radius 2 is 1.93 bits per heavy atom. The third kappa shape index (κ3) is 4.75. The van der Waals surface area contributed by atoms with Crippen molar-refractivity contribution in [2.24, 2.45) is 0 Å². The summed E-state index contributed by atoms with van der Waals surface area (Å²) in [5.74, 6) is -0.758. The zero-order chi connectivity index (χ0) is 21.2. The highest BCUT2D eigenvalue weighted by molar-refractivity contribution is 6.31. The molecule has 2 aromatic carbocycles. The first-order valence-corrected chi connectivity index (χ1v) is 9.80. The van der Waals surface area contributed by atoms with Crippen LogP contribution in [0.2, 0.25) is 5.02 Å². The first-order chi connectivity index (χ1) is 13.7. The Morgan fingerprint density at radius 3 is 2.62 bits per heavy atom. The molecule has 1 amide bonds. The van der Waals surface area contributed by atoms with E-state index in [1.54, 1.807) is 12.3 Å². The normalized spacial score (nSPS) is 14.0. The number of amides is 1. The summed E-state index contributed by atoms with van der Waals surface area (Å²) in [7, 11) is 0. The first kappa shape index (κ1) is 21.2. The number of H-pyrrole nitrogens is 1. The molecule has 2 atom stereocenters. The predicted octanol–water partition coefficient (Wildman–Crippen LogP) is 6.28. The third-order valence-electron chi connectivity index (χ3n) is 5.10. The summed E-state index contributed by atoms with van der Waals surface area (Å²) in [5.41, 5.74) is 1.13. The van der Waals surface area contributed by atoms with E-state index in [1.165, 1.54) is 6.07 Å². The van der Waals surface area contributed by atoms with Gasteiger partial charge in [0.25, 0.3) is 0 Å². The summed E-state index contributed by atoms with van der Waals surface area (Å²) in [6.07, 6.45) is -2.02. The van der Waals surface area contributed by atoms with E-state index >= 15 is 0 Å². The summed E-state index contributed by atoms with van der Waals surface area (Å²) in [6.45, 7) is 3.85. The Kier molecular flexibility index (Phi) is 6.22. The fourth-order valence-corrected chi connectivity index (χ4v) is 3.61. The van der Waals surface area contributed by atoms with Crippen molar-refractivity contribution in [3.63, 3.8) is 0 Å². The van der Waals surface area contributed by atoms with Crippen LogP contribution in [0.1, 0.15) is 49.3 Å². The van der Waals surface area contributed by atoms with Crippen LogP contribution in [0, 0.1) is 0 Å². The number of para-hydroxylation sites is 1. The molecule has 2 unspecified atom stereocenters. The van der Waals surface area contributed by atoms with E-state index < -0.39 is 17.7 Å². The molecule has 29 heavy (non-hydrogen) atoms. The second-order valence-electron chi connectivity index (χ2n) is 7.16. The van der Waals surface area contributed by atoms with Crippen LogP contribution in [0.15, 0.2) is 48.7 Å². The van der Waals surface area contributed by atoms with E-state index in [1.807, 2.05) is 38.1 Å². The molecule has 3 aromatic rings. The molecule has 0 aliphatic heterocycles. The van der Waals surface area contributed by atoms with Crippen LogP contribution in [0.25, 0.3) is 10.9 Å². The third-order valence-corrected chi connectivity index (χ3v) is 5.43. The number of hydrogen-bond acceptors (Lipinski definition) is 1. The van der Waals surface area contributed by atoms with Gasteiger partial charge in [0.1, 0.15) is 0 Å². The van der Waals surface area contributed by atoms with Crippen LogP contribution in [-0.2, 0) is 11.0 Å². The van der Waals surface area contributed by atoms with E-state index in [2.05, 4.69) is 10.3 Å². The van der Waals surface area contributed by atoms with Gasteiger partial charge in [0.15, 0.2) is 0 Å². The molecule has 0 bridgehead atoms. The largest absolute Gasteiger partial charge is 0.417 e. The Bertz CT molecular complexity index is 1010. The summed E-state index contributed by atoms with van der Waals surface area (Å²) in [5, 5.41) is 3.41. The van der Waals surface area contributed by atoms with Crippen molar-refractivity contribution in [2.75, 3.05) is 0 Å². The van der Waals surface area contributed by atoms with E-state index in [0.717, 1.165) is 29.0 Å². The maximum Gasteiger partial charge on any atom is 0.417 e. The minimum absolute atomic E-state index is 0.0120. The van der Waals surface area contributed by atoms with Gasteiger partial charge in [-0.3, -0.25) is 4.79 Å². The van der Waals surface area contributed by atoms with E-state index in [0.29, 0.717) is 5.56 Å². The number of fused-ring (bicyclic) bond motifs is 1. The Labute approximate surface area is 172 Å². The number of carbonyl (C=O) groups excluding carboxylic acids is 1. The maximum atomic E-state index is 13.4. The standard InChI is InChI=1S/C22H22ClF3N2O/c1-3-13(2)28-21(29)11-16(17-12-27-20-7-5-4-6-15(17)20)14-8-9-19(23)18(10-14)22(24,25)26/h4-10,12-13,16,27H,3,11H2,1-2H3,(H,28,29). The lowest BCUT2D eigenvalue weighted by molar-refractivity contribution is -0.137. The fourth-order valence-electron chi connectivity index (χ4n) is 3.39. The van der Waals surface area contributed by atoms with Crippen LogP contribution in [0.5, 0.6) is 0 Å². The lowest BCUT2D eigenvalue weighted by Crippen LogP contribution is -2.33. The number of nitrogens with one attached hydrogen (secondary N) is 2. The fraction of sp³-hybridized carbons (Fsp3) is 0.318. The van der Waals surface area contributed by atoms with E-state index in [-0.39, 0.29) is 23.4 Å². The van der Waals surface area contributed by atoms with Gasteiger partial charge in [-0.1, -0.05) is 42.8 Å². The highest BCUT2D eigenvalue weighted by Gasteiger charge is 2.34. The number of aromatic nitrogens is 1. The van der Waals surface area contributed by atoms with Gasteiger partial charge in [0, 0.05) is 35.5 Å². The van der Waals surface area contributed by atoms with Crippen LogP contribution < -0.4 is 5.32 Å². The first-order valence-electron chi connectivity index (χ1n) is 9.42. The minimum atomic E-state index is -4.57. The van der Waals surface area contributed by atoms with Crippen LogP contribution >= 0.6 is 11.6 Å². The SMILES string of the molecule is CCC(C)NC(=O)CC(c1ccc(Cl)c(C(F)(F)F)c1)c1c[nH]c2ccccc12. The highest BCUT2D eigenvalue weighted by atomic mass is 35.5. The summed E-state index contributed by atoms with van der Waals surface area (Å²) in [6, 6.07) is 11.3. The number of hydrogen-bond donors (Lipinski definition) is 2. The average Bonchev–Trinajstić information content (AvgIpc) is 3.09. The molecule has 7 heteroatoms. The van der Waals surface area contributed by atoms with Crippen molar-refractivity contribution < 1.29 is 18.0 Å². The molecule has 1 heterocycles. The lowest BCUT2D eigenvalue weighted by Gasteiger charge is -2.20. The number of rotatable bonds is 6. The number of aromatic amines is 1. The van der Waals surface area contributed by atoms with Gasteiger partial charge >= 0.3 is 6.18 Å². The Morgan fingerprint density at radius 1 is 1.21 bits per heavy atom. The lowest BCUT2D eigenvalue weighted by atomic mass is 9.87. The highest BCUT2D eigenvalue weighted by Crippen LogP contribution is 2.39. The van der Waals surface area contributed by atoms with Crippen LogP contribution in [-0.4, -0.2) is 16.9 Å².